The van der Waals surface area contributed by atoms with Gasteiger partial charge in [0.05, 0.1) is 17.3 Å². The minimum Gasteiger partial charge on any atom is -0.487 e. The second kappa shape index (κ2) is 9.32. The molecule has 34 heavy (non-hydrogen) atoms. The van der Waals surface area contributed by atoms with Gasteiger partial charge in [-0.1, -0.05) is 17.7 Å². The molecule has 1 unspecified atom stereocenters. The number of anilines is 3. The highest BCUT2D eigenvalue weighted by Gasteiger charge is 2.16. The van der Waals surface area contributed by atoms with Crippen molar-refractivity contribution in [1.82, 2.24) is 30.2 Å². The number of hydrogen-bond donors (Lipinski definition) is 2. The molecule has 0 fully saturated rings. The van der Waals surface area contributed by atoms with Crippen LogP contribution in [-0.2, 0) is 11.3 Å². The van der Waals surface area contributed by atoms with Crippen molar-refractivity contribution >= 4 is 34.8 Å². The molecule has 3 heterocycles. The van der Waals surface area contributed by atoms with Gasteiger partial charge in [-0.3, -0.25) is 4.79 Å². The van der Waals surface area contributed by atoms with Gasteiger partial charge in [0, 0.05) is 23.6 Å². The first-order valence-electron chi connectivity index (χ1n) is 10.4. The van der Waals surface area contributed by atoms with Crippen molar-refractivity contribution in [3.05, 3.63) is 60.1 Å². The fraction of sp³-hybridized carbons (Fsp3) is 0.182. The lowest BCUT2D eigenvalue weighted by molar-refractivity contribution is -0.118. The van der Waals surface area contributed by atoms with Gasteiger partial charge in [-0.2, -0.15) is 0 Å². The molecule has 1 aliphatic rings. The van der Waals surface area contributed by atoms with E-state index in [1.54, 1.807) is 35.3 Å². The molecule has 12 heteroatoms. The van der Waals surface area contributed by atoms with Gasteiger partial charge in [0.15, 0.2) is 6.61 Å². The molecule has 5 rings (SSSR count). The standard InChI is InChI=1S/C22H19ClN8O3/c1-13(10-31-12-26-29-30-31)34-20-6-14(2-4-17(20)23)15-8-24-22(25-9-15)27-16-3-5-19-18(7-16)28-21(32)11-33-19/h2-9,12-13H,10-11H2,1H3,(H,28,32)(H,24,25,27). The zero-order valence-corrected chi connectivity index (χ0v) is 18.7. The van der Waals surface area contributed by atoms with Crippen molar-refractivity contribution in [3.8, 4) is 22.6 Å². The lowest BCUT2D eigenvalue weighted by atomic mass is 10.1. The largest absolute Gasteiger partial charge is 0.487 e. The van der Waals surface area contributed by atoms with Crippen LogP contribution in [0.2, 0.25) is 5.02 Å². The number of amides is 1. The third kappa shape index (κ3) is 4.89. The Kier molecular flexibility index (Phi) is 5.91. The predicted octanol–water partition coefficient (Wildman–Crippen LogP) is 3.33. The molecule has 0 radical (unpaired) electrons. The van der Waals surface area contributed by atoms with Crippen molar-refractivity contribution in [2.45, 2.75) is 19.6 Å². The Balaban J connectivity index is 1.28. The third-order valence-electron chi connectivity index (χ3n) is 4.95. The minimum atomic E-state index is -0.203. The predicted molar refractivity (Wildman–Crippen MR) is 124 cm³/mol. The second-order valence-corrected chi connectivity index (χ2v) is 7.98. The highest BCUT2D eigenvalue weighted by molar-refractivity contribution is 6.32. The maximum atomic E-state index is 11.5. The van der Waals surface area contributed by atoms with E-state index in [1.165, 1.54) is 6.33 Å². The fourth-order valence-electron chi connectivity index (χ4n) is 3.39. The third-order valence-corrected chi connectivity index (χ3v) is 5.26. The fourth-order valence-corrected chi connectivity index (χ4v) is 3.55. The number of nitrogens with zero attached hydrogens (tertiary/aromatic N) is 6. The zero-order chi connectivity index (χ0) is 23.5. The van der Waals surface area contributed by atoms with Gasteiger partial charge in [-0.15, -0.1) is 5.10 Å². The van der Waals surface area contributed by atoms with Crippen LogP contribution < -0.4 is 20.1 Å². The maximum Gasteiger partial charge on any atom is 0.262 e. The molecule has 0 aliphatic carbocycles. The number of tetrazole rings is 1. The van der Waals surface area contributed by atoms with Gasteiger partial charge in [-0.05, 0) is 53.2 Å². The quantitative estimate of drug-likeness (QED) is 0.410. The number of nitrogens with one attached hydrogen (secondary N) is 2. The number of ether oxygens (including phenoxy) is 2. The van der Waals surface area contributed by atoms with E-state index in [9.17, 15) is 4.79 Å². The van der Waals surface area contributed by atoms with E-state index in [0.717, 1.165) is 16.8 Å². The summed E-state index contributed by atoms with van der Waals surface area (Å²) in [7, 11) is 0. The van der Waals surface area contributed by atoms with Crippen LogP contribution in [-0.4, -0.2) is 48.8 Å². The molecule has 0 saturated carbocycles. The van der Waals surface area contributed by atoms with Crippen LogP contribution in [0.3, 0.4) is 0 Å². The summed E-state index contributed by atoms with van der Waals surface area (Å²) < 4.78 is 13.0. The number of aromatic nitrogens is 6. The Hall–Kier alpha value is -4.25. The highest BCUT2D eigenvalue weighted by atomic mass is 35.5. The van der Waals surface area contributed by atoms with E-state index in [1.807, 2.05) is 25.1 Å². The van der Waals surface area contributed by atoms with E-state index >= 15 is 0 Å². The monoisotopic (exact) mass is 478 g/mol. The van der Waals surface area contributed by atoms with E-state index in [-0.39, 0.29) is 18.6 Å². The first-order chi connectivity index (χ1) is 16.5. The summed E-state index contributed by atoms with van der Waals surface area (Å²) in [6.07, 6.45) is 4.73. The highest BCUT2D eigenvalue weighted by Crippen LogP contribution is 2.33. The van der Waals surface area contributed by atoms with E-state index in [4.69, 9.17) is 21.1 Å². The lowest BCUT2D eigenvalue weighted by Gasteiger charge is -2.18. The van der Waals surface area contributed by atoms with Crippen LogP contribution in [0.4, 0.5) is 17.3 Å². The van der Waals surface area contributed by atoms with Gasteiger partial charge >= 0.3 is 0 Å². The first kappa shape index (κ1) is 21.6. The molecule has 4 aromatic rings. The Morgan fingerprint density at radius 3 is 2.85 bits per heavy atom. The van der Waals surface area contributed by atoms with Gasteiger partial charge in [0.1, 0.15) is 23.9 Å². The average Bonchev–Trinajstić information content (AvgIpc) is 3.34. The van der Waals surface area contributed by atoms with Crippen LogP contribution in [0.5, 0.6) is 11.5 Å². The number of halogens is 1. The molecule has 0 saturated heterocycles. The average molecular weight is 479 g/mol. The van der Waals surface area contributed by atoms with Gasteiger partial charge in [-0.25, -0.2) is 14.6 Å². The summed E-state index contributed by atoms with van der Waals surface area (Å²) in [5, 5.41) is 17.5. The smallest absolute Gasteiger partial charge is 0.262 e. The van der Waals surface area contributed by atoms with E-state index in [0.29, 0.717) is 34.7 Å². The first-order valence-corrected chi connectivity index (χ1v) is 10.7. The maximum absolute atomic E-state index is 11.5. The molecule has 2 aromatic heterocycles. The molecule has 2 aromatic carbocycles. The molecule has 1 atom stereocenters. The van der Waals surface area contributed by atoms with Gasteiger partial charge in [0.25, 0.3) is 5.91 Å². The molecule has 0 spiro atoms. The Bertz CT molecular complexity index is 1310. The normalized spacial score (nSPS) is 13.4. The number of carbonyl (C=O) groups is 1. The van der Waals surface area contributed by atoms with Crippen molar-refractivity contribution in [2.75, 3.05) is 17.2 Å². The molecule has 172 valence electrons. The van der Waals surface area contributed by atoms with Gasteiger partial charge in [0.2, 0.25) is 5.95 Å². The Morgan fingerprint density at radius 2 is 2.06 bits per heavy atom. The van der Waals surface area contributed by atoms with Gasteiger partial charge < -0.3 is 20.1 Å². The van der Waals surface area contributed by atoms with E-state index in [2.05, 4.69) is 36.1 Å². The number of carbonyl (C=O) groups excluding carboxylic acids is 1. The Labute approximate surface area is 199 Å². The van der Waals surface area contributed by atoms with Crippen LogP contribution in [0.1, 0.15) is 6.92 Å². The number of rotatable bonds is 7. The summed E-state index contributed by atoms with van der Waals surface area (Å²) in [5.41, 5.74) is 2.97. The number of hydrogen-bond acceptors (Lipinski definition) is 9. The molecular weight excluding hydrogens is 460 g/mol. The molecular formula is C22H19ClN8O3. The van der Waals surface area contributed by atoms with Crippen molar-refractivity contribution < 1.29 is 14.3 Å². The van der Waals surface area contributed by atoms with Crippen molar-refractivity contribution in [2.24, 2.45) is 0 Å². The second-order valence-electron chi connectivity index (χ2n) is 7.57. The van der Waals surface area contributed by atoms with Crippen molar-refractivity contribution in [1.29, 1.82) is 0 Å². The number of fused-ring (bicyclic) bond motifs is 1. The SMILES string of the molecule is CC(Cn1cnnn1)Oc1cc(-c2cnc(Nc3ccc4c(c3)NC(=O)CO4)nc2)ccc1Cl. The summed E-state index contributed by atoms with van der Waals surface area (Å²) in [6.45, 7) is 2.40. The molecule has 11 nitrogen and oxygen atoms in total. The zero-order valence-electron chi connectivity index (χ0n) is 18.0. The summed E-state index contributed by atoms with van der Waals surface area (Å²) >= 11 is 6.34. The molecule has 1 aliphatic heterocycles. The van der Waals surface area contributed by atoms with E-state index < -0.39 is 0 Å². The topological polar surface area (TPSA) is 129 Å². The molecule has 0 bridgehead atoms. The van der Waals surface area contributed by atoms with Crippen LogP contribution in [0.25, 0.3) is 11.1 Å². The molecule has 2 N–H and O–H groups in total. The summed E-state index contributed by atoms with van der Waals surface area (Å²) in [6, 6.07) is 10.9. The van der Waals surface area contributed by atoms with Crippen molar-refractivity contribution in [3.63, 3.8) is 0 Å². The summed E-state index contributed by atoms with van der Waals surface area (Å²) in [4.78, 5) is 20.3. The Morgan fingerprint density at radius 1 is 1.21 bits per heavy atom. The van der Waals surface area contributed by atoms with Crippen LogP contribution >= 0.6 is 11.6 Å². The van der Waals surface area contributed by atoms with Crippen LogP contribution in [0, 0.1) is 0 Å². The molecule has 1 amide bonds. The lowest BCUT2D eigenvalue weighted by Crippen LogP contribution is -2.25. The summed E-state index contributed by atoms with van der Waals surface area (Å²) in [5.74, 6) is 1.38. The minimum absolute atomic E-state index is 0.0139. The van der Waals surface area contributed by atoms with Crippen LogP contribution in [0.15, 0.2) is 55.1 Å². The number of benzene rings is 2.